The summed E-state index contributed by atoms with van der Waals surface area (Å²) in [7, 11) is 2.02. The van der Waals surface area contributed by atoms with Crippen LogP contribution in [-0.4, -0.2) is 28.8 Å². The van der Waals surface area contributed by atoms with Crippen LogP contribution in [0.3, 0.4) is 0 Å². The Morgan fingerprint density at radius 3 is 2.38 bits per heavy atom. The highest BCUT2D eigenvalue weighted by Gasteiger charge is 2.13. The van der Waals surface area contributed by atoms with Crippen molar-refractivity contribution in [2.75, 3.05) is 13.1 Å². The maximum Gasteiger partial charge on any atom is 0.191 e. The first-order chi connectivity index (χ1) is 9.67. The molecule has 0 unspecified atom stereocenters. The Morgan fingerprint density at radius 2 is 1.86 bits per heavy atom. The number of hydrogen-bond donors (Lipinski definition) is 2. The van der Waals surface area contributed by atoms with E-state index in [4.69, 9.17) is 4.99 Å². The lowest BCUT2D eigenvalue weighted by Crippen LogP contribution is -2.37. The Balaban J connectivity index is 0.00000400. The Morgan fingerprint density at radius 1 is 1.14 bits per heavy atom. The van der Waals surface area contributed by atoms with E-state index in [1.165, 1.54) is 17.0 Å². The number of aromatic nitrogens is 2. The highest BCUT2D eigenvalue weighted by Crippen LogP contribution is 2.16. The van der Waals surface area contributed by atoms with Crippen LogP contribution in [0.1, 0.15) is 51.1 Å². The first-order valence-electron chi connectivity index (χ1n) is 7.73. The van der Waals surface area contributed by atoms with Gasteiger partial charge >= 0.3 is 0 Å². The third-order valence-corrected chi connectivity index (χ3v) is 3.31. The molecule has 0 aliphatic carbocycles. The Labute approximate surface area is 146 Å². The van der Waals surface area contributed by atoms with Crippen LogP contribution in [0.4, 0.5) is 0 Å². The zero-order valence-electron chi connectivity index (χ0n) is 14.0. The maximum atomic E-state index is 4.69. The van der Waals surface area contributed by atoms with Crippen LogP contribution >= 0.6 is 24.0 Å². The van der Waals surface area contributed by atoms with E-state index in [1.54, 1.807) is 0 Å². The van der Waals surface area contributed by atoms with Gasteiger partial charge in [0.1, 0.15) is 0 Å². The molecule has 0 spiro atoms. The smallest absolute Gasteiger partial charge is 0.191 e. The van der Waals surface area contributed by atoms with Crippen molar-refractivity contribution in [3.8, 4) is 0 Å². The largest absolute Gasteiger partial charge is 0.357 e. The van der Waals surface area contributed by atoms with E-state index in [0.29, 0.717) is 6.54 Å². The lowest BCUT2D eigenvalue weighted by Gasteiger charge is -2.10. The molecule has 0 saturated carbocycles. The number of aryl methyl sites for hydroxylation is 2. The molecule has 1 aromatic heterocycles. The predicted molar refractivity (Wildman–Crippen MR) is 100 cm³/mol. The minimum atomic E-state index is 0. The molecule has 1 aromatic rings. The molecule has 0 atom stereocenters. The monoisotopic (exact) mass is 407 g/mol. The zero-order chi connectivity index (χ0) is 15.0. The van der Waals surface area contributed by atoms with Crippen molar-refractivity contribution in [1.82, 2.24) is 20.4 Å². The first-order valence-corrected chi connectivity index (χ1v) is 7.73. The fraction of sp³-hybridized carbons (Fsp3) is 0.733. The van der Waals surface area contributed by atoms with Crippen molar-refractivity contribution in [3.63, 3.8) is 0 Å². The molecule has 0 aliphatic heterocycles. The molecule has 0 aliphatic rings. The van der Waals surface area contributed by atoms with Gasteiger partial charge in [0.05, 0.1) is 12.2 Å². The third-order valence-electron chi connectivity index (χ3n) is 3.31. The van der Waals surface area contributed by atoms with Crippen LogP contribution in [0.2, 0.25) is 0 Å². The molecule has 1 heterocycles. The van der Waals surface area contributed by atoms with Gasteiger partial charge in [0.2, 0.25) is 0 Å². The van der Waals surface area contributed by atoms with E-state index in [1.807, 2.05) is 11.7 Å². The fourth-order valence-corrected chi connectivity index (χ4v) is 2.32. The zero-order valence-corrected chi connectivity index (χ0v) is 16.3. The van der Waals surface area contributed by atoms with Crippen molar-refractivity contribution in [2.45, 2.75) is 53.5 Å². The fourth-order valence-electron chi connectivity index (χ4n) is 2.32. The molecule has 0 radical (unpaired) electrons. The summed E-state index contributed by atoms with van der Waals surface area (Å²) in [6.45, 7) is 11.1. The second-order valence-electron chi connectivity index (χ2n) is 4.82. The average Bonchev–Trinajstić information content (AvgIpc) is 2.77. The van der Waals surface area contributed by atoms with Gasteiger partial charge in [-0.1, -0.05) is 20.8 Å². The topological polar surface area (TPSA) is 54.2 Å². The van der Waals surface area contributed by atoms with Crippen molar-refractivity contribution in [2.24, 2.45) is 12.0 Å². The second kappa shape index (κ2) is 10.9. The molecular formula is C15H30IN5. The number of halogens is 1. The summed E-state index contributed by atoms with van der Waals surface area (Å²) in [4.78, 5) is 4.69. The average molecular weight is 407 g/mol. The van der Waals surface area contributed by atoms with Crippen molar-refractivity contribution >= 4 is 29.9 Å². The summed E-state index contributed by atoms with van der Waals surface area (Å²) < 4.78 is 2.00. The van der Waals surface area contributed by atoms with E-state index in [9.17, 15) is 0 Å². The standard InChI is InChI=1S/C15H29N5.HI/c1-6-10-17-15(16-9-4)18-11-12-13(7-2)19-20(5)14(12)8-3;/h6-11H2,1-5H3,(H2,16,17,18);1H. The molecule has 6 heteroatoms. The van der Waals surface area contributed by atoms with Gasteiger partial charge in [-0.05, 0) is 26.2 Å². The van der Waals surface area contributed by atoms with Crippen molar-refractivity contribution < 1.29 is 0 Å². The number of aliphatic imine (C=N–C) groups is 1. The summed E-state index contributed by atoms with van der Waals surface area (Å²) in [5.74, 6) is 0.891. The number of guanidine groups is 1. The third kappa shape index (κ3) is 5.84. The van der Waals surface area contributed by atoms with E-state index < -0.39 is 0 Å². The predicted octanol–water partition coefficient (Wildman–Crippen LogP) is 2.63. The molecule has 5 nitrogen and oxygen atoms in total. The highest BCUT2D eigenvalue weighted by atomic mass is 127. The van der Waals surface area contributed by atoms with Crippen LogP contribution in [0.25, 0.3) is 0 Å². The van der Waals surface area contributed by atoms with Gasteiger partial charge in [-0.2, -0.15) is 5.10 Å². The lowest BCUT2D eigenvalue weighted by molar-refractivity contribution is 0.703. The summed E-state index contributed by atoms with van der Waals surface area (Å²) in [6.07, 6.45) is 3.04. The lowest BCUT2D eigenvalue weighted by atomic mass is 10.1. The van der Waals surface area contributed by atoms with E-state index >= 15 is 0 Å². The van der Waals surface area contributed by atoms with Gasteiger partial charge in [-0.15, -0.1) is 24.0 Å². The molecular weight excluding hydrogens is 377 g/mol. The van der Waals surface area contributed by atoms with E-state index in [2.05, 4.69) is 43.4 Å². The molecule has 0 fully saturated rings. The van der Waals surface area contributed by atoms with Gasteiger partial charge in [-0.3, -0.25) is 4.68 Å². The van der Waals surface area contributed by atoms with Gasteiger partial charge in [0, 0.05) is 31.4 Å². The molecule has 122 valence electrons. The van der Waals surface area contributed by atoms with Gasteiger partial charge in [0.15, 0.2) is 5.96 Å². The molecule has 0 amide bonds. The quantitative estimate of drug-likeness (QED) is 0.415. The molecule has 0 aromatic carbocycles. The molecule has 0 bridgehead atoms. The van der Waals surface area contributed by atoms with Crippen LogP contribution in [0, 0.1) is 0 Å². The van der Waals surface area contributed by atoms with E-state index in [0.717, 1.165) is 38.3 Å². The van der Waals surface area contributed by atoms with E-state index in [-0.39, 0.29) is 24.0 Å². The minimum Gasteiger partial charge on any atom is -0.357 e. The summed E-state index contributed by atoms with van der Waals surface area (Å²) in [5.41, 5.74) is 3.74. The first kappa shape index (κ1) is 20.2. The Hall–Kier alpha value is -0.790. The number of nitrogens with zero attached hydrogens (tertiary/aromatic N) is 3. The molecule has 2 N–H and O–H groups in total. The van der Waals surface area contributed by atoms with Gasteiger partial charge in [0.25, 0.3) is 0 Å². The second-order valence-corrected chi connectivity index (χ2v) is 4.82. The summed E-state index contributed by atoms with van der Waals surface area (Å²) in [6, 6.07) is 0. The van der Waals surface area contributed by atoms with Crippen molar-refractivity contribution in [1.29, 1.82) is 0 Å². The van der Waals surface area contributed by atoms with Gasteiger partial charge < -0.3 is 10.6 Å². The number of hydrogen-bond acceptors (Lipinski definition) is 2. The summed E-state index contributed by atoms with van der Waals surface area (Å²) >= 11 is 0. The van der Waals surface area contributed by atoms with Gasteiger partial charge in [-0.25, -0.2) is 4.99 Å². The maximum absolute atomic E-state index is 4.69. The Bertz CT molecular complexity index is 440. The number of nitrogens with one attached hydrogen (secondary N) is 2. The van der Waals surface area contributed by atoms with Crippen LogP contribution in [-0.2, 0) is 26.4 Å². The Kier molecular flexibility index (Phi) is 10.5. The van der Waals surface area contributed by atoms with Crippen molar-refractivity contribution in [3.05, 3.63) is 17.0 Å². The molecule has 0 saturated heterocycles. The minimum absolute atomic E-state index is 0. The highest BCUT2D eigenvalue weighted by molar-refractivity contribution is 14.0. The number of rotatable bonds is 7. The normalized spacial score (nSPS) is 11.2. The summed E-state index contributed by atoms with van der Waals surface area (Å²) in [5, 5.41) is 11.2. The van der Waals surface area contributed by atoms with Crippen LogP contribution in [0.5, 0.6) is 0 Å². The molecule has 21 heavy (non-hydrogen) atoms. The van der Waals surface area contributed by atoms with Crippen LogP contribution in [0.15, 0.2) is 4.99 Å². The SMILES string of the molecule is CCCNC(=NCc1c(CC)nn(C)c1CC)NCC.I. The van der Waals surface area contributed by atoms with Crippen LogP contribution < -0.4 is 10.6 Å². The molecule has 1 rings (SSSR count).